The molecule has 0 unspecified atom stereocenters. The summed E-state index contributed by atoms with van der Waals surface area (Å²) < 4.78 is 44.7. The molecule has 1 aromatic heterocycles. The fourth-order valence-corrected chi connectivity index (χ4v) is 3.62. The van der Waals surface area contributed by atoms with Crippen LogP contribution in [-0.4, -0.2) is 29.9 Å². The van der Waals surface area contributed by atoms with E-state index in [1.807, 2.05) is 0 Å². The molecule has 0 aliphatic heterocycles. The molecule has 0 aliphatic rings. The average molecular weight is 396 g/mol. The molecule has 0 amide bonds. The molecule has 0 atom stereocenters. The molecule has 0 saturated heterocycles. The van der Waals surface area contributed by atoms with Crippen molar-refractivity contribution >= 4 is 21.6 Å². The third-order valence-electron chi connectivity index (χ3n) is 3.68. The maximum Gasteiger partial charge on any atom is 0.242 e. The van der Waals surface area contributed by atoms with Gasteiger partial charge in [-0.1, -0.05) is 47.1 Å². The first-order valence-electron chi connectivity index (χ1n) is 7.61. The van der Waals surface area contributed by atoms with Gasteiger partial charge in [-0.15, -0.1) is 0 Å². The number of aromatic nitrogens is 2. The van der Waals surface area contributed by atoms with Crippen molar-refractivity contribution in [3.8, 4) is 11.4 Å². The van der Waals surface area contributed by atoms with Crippen LogP contribution >= 0.6 is 11.6 Å². The van der Waals surface area contributed by atoms with Gasteiger partial charge < -0.3 is 4.52 Å². The molecule has 9 heteroatoms. The van der Waals surface area contributed by atoms with Gasteiger partial charge in [0.2, 0.25) is 21.7 Å². The SMILES string of the molecule is CN(Cc1nc(-c2cccc(Cl)c2)no1)S(=O)(=O)Cc1ccccc1F. The van der Waals surface area contributed by atoms with Gasteiger partial charge in [0.1, 0.15) is 5.82 Å². The predicted molar refractivity (Wildman–Crippen MR) is 95.2 cm³/mol. The first-order chi connectivity index (χ1) is 12.3. The van der Waals surface area contributed by atoms with Crippen LogP contribution < -0.4 is 0 Å². The Morgan fingerprint density at radius 1 is 1.19 bits per heavy atom. The van der Waals surface area contributed by atoms with Crippen molar-refractivity contribution in [1.82, 2.24) is 14.4 Å². The van der Waals surface area contributed by atoms with Crippen molar-refractivity contribution in [2.45, 2.75) is 12.3 Å². The van der Waals surface area contributed by atoms with E-state index in [1.54, 1.807) is 30.3 Å². The van der Waals surface area contributed by atoms with Gasteiger partial charge in [0, 0.05) is 23.2 Å². The highest BCUT2D eigenvalue weighted by Crippen LogP contribution is 2.21. The molecule has 1 heterocycles. The monoisotopic (exact) mass is 395 g/mol. The largest absolute Gasteiger partial charge is 0.338 e. The molecular formula is C17H15ClFN3O3S. The molecule has 0 N–H and O–H groups in total. The Hall–Kier alpha value is -2.29. The van der Waals surface area contributed by atoms with Crippen LogP contribution in [0.2, 0.25) is 5.02 Å². The fraction of sp³-hybridized carbons (Fsp3) is 0.176. The molecule has 136 valence electrons. The highest BCUT2D eigenvalue weighted by atomic mass is 35.5. The van der Waals surface area contributed by atoms with Crippen LogP contribution in [0, 0.1) is 5.82 Å². The summed E-state index contributed by atoms with van der Waals surface area (Å²) in [5.41, 5.74) is 0.758. The molecule has 26 heavy (non-hydrogen) atoms. The zero-order valence-corrected chi connectivity index (χ0v) is 15.3. The average Bonchev–Trinajstić information content (AvgIpc) is 3.05. The number of nitrogens with zero attached hydrogens (tertiary/aromatic N) is 3. The van der Waals surface area contributed by atoms with Gasteiger partial charge in [-0.05, 0) is 18.2 Å². The lowest BCUT2D eigenvalue weighted by molar-refractivity contribution is 0.336. The first kappa shape index (κ1) is 18.5. The minimum Gasteiger partial charge on any atom is -0.338 e. The van der Waals surface area contributed by atoms with Crippen LogP contribution in [0.3, 0.4) is 0 Å². The maximum atomic E-state index is 13.7. The Labute approximate surface area is 155 Å². The first-order valence-corrected chi connectivity index (χ1v) is 9.60. The normalized spacial score (nSPS) is 11.8. The van der Waals surface area contributed by atoms with Gasteiger partial charge in [-0.25, -0.2) is 12.8 Å². The van der Waals surface area contributed by atoms with Gasteiger partial charge in [0.05, 0.1) is 12.3 Å². The van der Waals surface area contributed by atoms with Crippen molar-refractivity contribution in [3.63, 3.8) is 0 Å². The molecule has 2 aromatic carbocycles. The summed E-state index contributed by atoms with van der Waals surface area (Å²) in [6.45, 7) is -0.121. The van der Waals surface area contributed by atoms with E-state index in [0.29, 0.717) is 16.4 Å². The zero-order valence-electron chi connectivity index (χ0n) is 13.8. The van der Waals surface area contributed by atoms with E-state index in [-0.39, 0.29) is 18.0 Å². The van der Waals surface area contributed by atoms with E-state index in [4.69, 9.17) is 16.1 Å². The quantitative estimate of drug-likeness (QED) is 0.638. The number of halogens is 2. The second kappa shape index (κ2) is 7.53. The second-order valence-electron chi connectivity index (χ2n) is 5.63. The molecule has 0 aliphatic carbocycles. The molecular weight excluding hydrogens is 381 g/mol. The molecule has 0 radical (unpaired) electrons. The lowest BCUT2D eigenvalue weighted by atomic mass is 10.2. The Bertz CT molecular complexity index is 1020. The zero-order chi connectivity index (χ0) is 18.7. The van der Waals surface area contributed by atoms with Gasteiger partial charge in [0.25, 0.3) is 0 Å². The van der Waals surface area contributed by atoms with E-state index in [0.717, 1.165) is 4.31 Å². The van der Waals surface area contributed by atoms with Crippen LogP contribution in [0.4, 0.5) is 4.39 Å². The van der Waals surface area contributed by atoms with Crippen LogP contribution in [0.15, 0.2) is 53.1 Å². The molecule has 6 nitrogen and oxygen atoms in total. The Balaban J connectivity index is 1.73. The van der Waals surface area contributed by atoms with Crippen molar-refractivity contribution in [2.75, 3.05) is 7.05 Å². The summed E-state index contributed by atoms with van der Waals surface area (Å²) in [5.74, 6) is -0.585. The van der Waals surface area contributed by atoms with Crippen molar-refractivity contribution in [1.29, 1.82) is 0 Å². The second-order valence-corrected chi connectivity index (χ2v) is 8.14. The maximum absolute atomic E-state index is 13.7. The highest BCUT2D eigenvalue weighted by Gasteiger charge is 2.23. The fourth-order valence-electron chi connectivity index (χ4n) is 2.27. The van der Waals surface area contributed by atoms with Gasteiger partial charge in [-0.3, -0.25) is 0 Å². The van der Waals surface area contributed by atoms with Crippen LogP contribution in [-0.2, 0) is 22.3 Å². The molecule has 0 spiro atoms. The van der Waals surface area contributed by atoms with Crippen molar-refractivity contribution in [3.05, 3.63) is 70.8 Å². The van der Waals surface area contributed by atoms with Crippen LogP contribution in [0.1, 0.15) is 11.5 Å². The molecule has 3 rings (SSSR count). The topological polar surface area (TPSA) is 76.3 Å². The van der Waals surface area contributed by atoms with Crippen molar-refractivity contribution < 1.29 is 17.3 Å². The molecule has 0 bridgehead atoms. The third-order valence-corrected chi connectivity index (χ3v) is 5.67. The van der Waals surface area contributed by atoms with E-state index >= 15 is 0 Å². The van der Waals surface area contributed by atoms with E-state index in [1.165, 1.54) is 25.2 Å². The molecule has 3 aromatic rings. The predicted octanol–water partition coefficient (Wildman–Crippen LogP) is 3.49. The van der Waals surface area contributed by atoms with Gasteiger partial charge >= 0.3 is 0 Å². The van der Waals surface area contributed by atoms with Crippen molar-refractivity contribution in [2.24, 2.45) is 0 Å². The number of rotatable bonds is 6. The molecule has 0 saturated carbocycles. The summed E-state index contributed by atoms with van der Waals surface area (Å²) in [5, 5.41) is 4.36. The standard InChI is InChI=1S/C17H15ClFN3O3S/c1-22(26(23,24)11-13-5-2-3-8-15(13)19)10-16-20-17(21-25-16)12-6-4-7-14(18)9-12/h2-9H,10-11H2,1H3. The number of sulfonamides is 1. The smallest absolute Gasteiger partial charge is 0.242 e. The summed E-state index contributed by atoms with van der Waals surface area (Å²) in [4.78, 5) is 4.18. The minimum absolute atomic E-state index is 0.101. The third kappa shape index (κ3) is 4.27. The molecule has 0 fully saturated rings. The summed E-state index contributed by atoms with van der Waals surface area (Å²) in [6.07, 6.45) is 0. The lowest BCUT2D eigenvalue weighted by Gasteiger charge is -2.15. The Morgan fingerprint density at radius 3 is 2.69 bits per heavy atom. The lowest BCUT2D eigenvalue weighted by Crippen LogP contribution is -2.28. The summed E-state index contributed by atoms with van der Waals surface area (Å²) >= 11 is 5.93. The Kier molecular flexibility index (Phi) is 5.36. The summed E-state index contributed by atoms with van der Waals surface area (Å²) in [7, 11) is -2.38. The van der Waals surface area contributed by atoms with Crippen LogP contribution in [0.25, 0.3) is 11.4 Å². The Morgan fingerprint density at radius 2 is 1.96 bits per heavy atom. The van der Waals surface area contributed by atoms with Gasteiger partial charge in [0.15, 0.2) is 0 Å². The number of benzene rings is 2. The minimum atomic E-state index is -3.75. The van der Waals surface area contributed by atoms with E-state index in [2.05, 4.69) is 10.1 Å². The van der Waals surface area contributed by atoms with Gasteiger partial charge in [-0.2, -0.15) is 9.29 Å². The number of hydrogen-bond acceptors (Lipinski definition) is 5. The van der Waals surface area contributed by atoms with E-state index in [9.17, 15) is 12.8 Å². The number of hydrogen-bond donors (Lipinski definition) is 0. The summed E-state index contributed by atoms with van der Waals surface area (Å²) in [6, 6.07) is 12.7. The van der Waals surface area contributed by atoms with Crippen LogP contribution in [0.5, 0.6) is 0 Å². The highest BCUT2D eigenvalue weighted by molar-refractivity contribution is 7.88. The van der Waals surface area contributed by atoms with E-state index < -0.39 is 21.6 Å².